The number of carbonyl (C=O) groups is 1. The highest BCUT2D eigenvalue weighted by atomic mass is 16.5. The van der Waals surface area contributed by atoms with Crippen molar-refractivity contribution in [3.63, 3.8) is 0 Å². The normalized spacial score (nSPS) is 14.2. The van der Waals surface area contributed by atoms with E-state index in [2.05, 4.69) is 4.98 Å². The second kappa shape index (κ2) is 4.72. The van der Waals surface area contributed by atoms with Crippen LogP contribution in [0, 0.1) is 0 Å². The summed E-state index contributed by atoms with van der Waals surface area (Å²) in [6.07, 6.45) is 4.25. The summed E-state index contributed by atoms with van der Waals surface area (Å²) in [6.45, 7) is 0.671. The van der Waals surface area contributed by atoms with Gasteiger partial charge in [-0.3, -0.25) is 9.78 Å². The van der Waals surface area contributed by atoms with Crippen molar-refractivity contribution < 1.29 is 9.53 Å². The van der Waals surface area contributed by atoms with Gasteiger partial charge in [-0.1, -0.05) is 0 Å². The molecule has 3 rings (SSSR count). The van der Waals surface area contributed by atoms with Crippen LogP contribution in [-0.4, -0.2) is 24.5 Å². The van der Waals surface area contributed by atoms with Gasteiger partial charge in [-0.15, -0.1) is 0 Å². The number of rotatable bonds is 2. The quantitative estimate of drug-likeness (QED) is 0.825. The molecule has 4 heteroatoms. The molecule has 0 saturated heterocycles. The molecule has 0 bridgehead atoms. The van der Waals surface area contributed by atoms with Crippen molar-refractivity contribution in [3.8, 4) is 5.75 Å². The molecule has 0 N–H and O–H groups in total. The summed E-state index contributed by atoms with van der Waals surface area (Å²) in [4.78, 5) is 18.3. The lowest BCUT2D eigenvalue weighted by Crippen LogP contribution is -2.37. The molecule has 0 aliphatic carbocycles. The van der Waals surface area contributed by atoms with Gasteiger partial charge in [-0.25, -0.2) is 0 Å². The fourth-order valence-corrected chi connectivity index (χ4v) is 2.35. The van der Waals surface area contributed by atoms with Crippen LogP contribution in [-0.2, 0) is 6.42 Å². The molecular formula is C15H14N2O2. The number of ether oxygens (including phenoxy) is 1. The van der Waals surface area contributed by atoms with Gasteiger partial charge in [0.1, 0.15) is 5.75 Å². The van der Waals surface area contributed by atoms with Crippen molar-refractivity contribution in [2.75, 3.05) is 18.6 Å². The van der Waals surface area contributed by atoms with E-state index in [1.54, 1.807) is 24.4 Å². The summed E-state index contributed by atoms with van der Waals surface area (Å²) in [7, 11) is 1.63. The van der Waals surface area contributed by atoms with Crippen molar-refractivity contribution in [3.05, 3.63) is 53.9 Å². The van der Waals surface area contributed by atoms with Crippen LogP contribution in [0.15, 0.2) is 42.7 Å². The van der Waals surface area contributed by atoms with Gasteiger partial charge in [-0.05, 0) is 42.3 Å². The summed E-state index contributed by atoms with van der Waals surface area (Å²) in [5, 5.41) is 0. The number of pyridine rings is 1. The Kier molecular flexibility index (Phi) is 2.91. The van der Waals surface area contributed by atoms with E-state index in [1.807, 2.05) is 30.3 Å². The lowest BCUT2D eigenvalue weighted by Gasteiger charge is -2.28. The Hall–Kier alpha value is -2.36. The van der Waals surface area contributed by atoms with Gasteiger partial charge in [0.25, 0.3) is 5.91 Å². The van der Waals surface area contributed by atoms with Crippen molar-refractivity contribution in [2.24, 2.45) is 0 Å². The Labute approximate surface area is 111 Å². The van der Waals surface area contributed by atoms with Crippen LogP contribution in [0.3, 0.4) is 0 Å². The van der Waals surface area contributed by atoms with E-state index in [9.17, 15) is 4.79 Å². The molecule has 0 saturated carbocycles. The van der Waals surface area contributed by atoms with Crippen LogP contribution in [0.2, 0.25) is 0 Å². The zero-order valence-corrected chi connectivity index (χ0v) is 10.7. The van der Waals surface area contributed by atoms with Gasteiger partial charge in [0, 0.05) is 18.3 Å². The number of hydrogen-bond donors (Lipinski definition) is 0. The largest absolute Gasteiger partial charge is 0.497 e. The third-order valence-corrected chi connectivity index (χ3v) is 3.35. The fourth-order valence-electron chi connectivity index (χ4n) is 2.35. The van der Waals surface area contributed by atoms with Gasteiger partial charge >= 0.3 is 0 Å². The summed E-state index contributed by atoms with van der Waals surface area (Å²) in [5.74, 6) is 0.818. The molecule has 1 amide bonds. The first-order chi connectivity index (χ1) is 9.29. The van der Waals surface area contributed by atoms with Crippen LogP contribution >= 0.6 is 0 Å². The molecule has 1 aromatic heterocycles. The van der Waals surface area contributed by atoms with Crippen molar-refractivity contribution in [1.29, 1.82) is 0 Å². The van der Waals surface area contributed by atoms with Crippen molar-refractivity contribution in [2.45, 2.75) is 6.42 Å². The number of aromatic nitrogens is 1. The van der Waals surface area contributed by atoms with Gasteiger partial charge in [-0.2, -0.15) is 0 Å². The standard InChI is InChI=1S/C15H14N2O2/c1-19-13-4-5-14-11(9-13)6-8-17(15(14)18)12-3-2-7-16-10-12/h2-5,7,9-10H,6,8H2,1H3. The predicted octanol–water partition coefficient (Wildman–Crippen LogP) is 2.29. The maximum Gasteiger partial charge on any atom is 0.258 e. The van der Waals surface area contributed by atoms with Crippen molar-refractivity contribution >= 4 is 11.6 Å². The third kappa shape index (κ3) is 2.05. The van der Waals surface area contributed by atoms with E-state index in [1.165, 1.54) is 0 Å². The number of fused-ring (bicyclic) bond motifs is 1. The van der Waals surface area contributed by atoms with Crippen LogP contribution in [0.4, 0.5) is 5.69 Å². The maximum absolute atomic E-state index is 12.5. The molecule has 0 fully saturated rings. The number of anilines is 1. The molecule has 0 unspecified atom stereocenters. The van der Waals surface area contributed by atoms with Gasteiger partial charge in [0.05, 0.1) is 19.0 Å². The zero-order chi connectivity index (χ0) is 13.2. The van der Waals surface area contributed by atoms with E-state index in [-0.39, 0.29) is 5.91 Å². The number of methoxy groups -OCH3 is 1. The second-order valence-corrected chi connectivity index (χ2v) is 4.44. The first-order valence-corrected chi connectivity index (χ1v) is 6.18. The molecule has 1 aliphatic heterocycles. The Bertz CT molecular complexity index is 611. The molecule has 0 atom stereocenters. The molecule has 96 valence electrons. The summed E-state index contributed by atoms with van der Waals surface area (Å²) >= 11 is 0. The van der Waals surface area contributed by atoms with Crippen molar-refractivity contribution in [1.82, 2.24) is 4.98 Å². The summed E-state index contributed by atoms with van der Waals surface area (Å²) in [6, 6.07) is 9.34. The Balaban J connectivity index is 1.97. The van der Waals surface area contributed by atoms with E-state index >= 15 is 0 Å². The Morgan fingerprint density at radius 1 is 1.32 bits per heavy atom. The van der Waals surface area contributed by atoms with E-state index in [0.29, 0.717) is 6.54 Å². The fraction of sp³-hybridized carbons (Fsp3) is 0.200. The van der Waals surface area contributed by atoms with E-state index in [4.69, 9.17) is 4.74 Å². The minimum Gasteiger partial charge on any atom is -0.497 e. The van der Waals surface area contributed by atoms with Crippen LogP contribution < -0.4 is 9.64 Å². The number of nitrogens with zero attached hydrogens (tertiary/aromatic N) is 2. The third-order valence-electron chi connectivity index (χ3n) is 3.35. The lowest BCUT2D eigenvalue weighted by molar-refractivity contribution is 0.0980. The highest BCUT2D eigenvalue weighted by molar-refractivity contribution is 6.08. The monoisotopic (exact) mass is 254 g/mol. The van der Waals surface area contributed by atoms with Gasteiger partial charge < -0.3 is 9.64 Å². The van der Waals surface area contributed by atoms with E-state index in [0.717, 1.165) is 29.0 Å². The highest BCUT2D eigenvalue weighted by Gasteiger charge is 2.25. The van der Waals surface area contributed by atoms with Crippen LogP contribution in [0.25, 0.3) is 0 Å². The SMILES string of the molecule is COc1ccc2c(c1)CCN(c1cccnc1)C2=O. The molecule has 2 heterocycles. The van der Waals surface area contributed by atoms with Crippen LogP contribution in [0.1, 0.15) is 15.9 Å². The topological polar surface area (TPSA) is 42.4 Å². The highest BCUT2D eigenvalue weighted by Crippen LogP contribution is 2.26. The Morgan fingerprint density at radius 2 is 2.21 bits per heavy atom. The predicted molar refractivity (Wildman–Crippen MR) is 72.6 cm³/mol. The molecule has 1 aliphatic rings. The molecule has 19 heavy (non-hydrogen) atoms. The average molecular weight is 254 g/mol. The first kappa shape index (κ1) is 11.7. The molecule has 0 radical (unpaired) electrons. The first-order valence-electron chi connectivity index (χ1n) is 6.18. The molecule has 0 spiro atoms. The number of amides is 1. The maximum atomic E-state index is 12.5. The number of hydrogen-bond acceptors (Lipinski definition) is 3. The molecular weight excluding hydrogens is 240 g/mol. The van der Waals surface area contributed by atoms with Crippen LogP contribution in [0.5, 0.6) is 5.75 Å². The van der Waals surface area contributed by atoms with E-state index < -0.39 is 0 Å². The molecule has 1 aromatic carbocycles. The van der Waals surface area contributed by atoms with Gasteiger partial charge in [0.15, 0.2) is 0 Å². The number of benzene rings is 1. The molecule has 2 aromatic rings. The zero-order valence-electron chi connectivity index (χ0n) is 10.7. The smallest absolute Gasteiger partial charge is 0.258 e. The average Bonchev–Trinajstić information content (AvgIpc) is 2.48. The minimum absolute atomic E-state index is 0.0249. The summed E-state index contributed by atoms with van der Waals surface area (Å²) < 4.78 is 5.19. The lowest BCUT2D eigenvalue weighted by atomic mass is 9.98. The molecule has 4 nitrogen and oxygen atoms in total. The summed E-state index contributed by atoms with van der Waals surface area (Å²) in [5.41, 5.74) is 2.63. The van der Waals surface area contributed by atoms with Gasteiger partial charge in [0.2, 0.25) is 0 Å². The number of carbonyl (C=O) groups excluding carboxylic acids is 1. The minimum atomic E-state index is 0.0249. The second-order valence-electron chi connectivity index (χ2n) is 4.44. The Morgan fingerprint density at radius 3 is 2.95 bits per heavy atom.